The molecule has 1 amide bonds. The predicted molar refractivity (Wildman–Crippen MR) is 82.5 cm³/mol. The van der Waals surface area contributed by atoms with E-state index in [-0.39, 0.29) is 11.9 Å². The van der Waals surface area contributed by atoms with Crippen LogP contribution < -0.4 is 10.6 Å². The number of carbonyl (C=O) groups excluding carboxylic acids is 1. The highest BCUT2D eigenvalue weighted by atomic mass is 32.2. The van der Waals surface area contributed by atoms with Gasteiger partial charge in [0.2, 0.25) is 15.9 Å². The summed E-state index contributed by atoms with van der Waals surface area (Å²) in [6, 6.07) is 0.0895. The molecule has 0 spiro atoms. The largest absolute Gasteiger partial charge is 0.352 e. The topological polar surface area (TPSA) is 78.5 Å². The van der Waals surface area contributed by atoms with Crippen molar-refractivity contribution in [3.8, 4) is 0 Å². The second-order valence-corrected chi connectivity index (χ2v) is 8.25. The van der Waals surface area contributed by atoms with Crippen LogP contribution in [0.5, 0.6) is 0 Å². The lowest BCUT2D eigenvalue weighted by Gasteiger charge is -2.34. The normalized spacial score (nSPS) is 28.7. The molecule has 0 radical (unpaired) electrons. The number of amides is 1. The van der Waals surface area contributed by atoms with Gasteiger partial charge in [0.1, 0.15) is 0 Å². The van der Waals surface area contributed by atoms with E-state index in [0.29, 0.717) is 25.9 Å². The fraction of sp³-hybridized carbons (Fsp3) is 0.929. The van der Waals surface area contributed by atoms with Gasteiger partial charge in [-0.15, -0.1) is 0 Å². The van der Waals surface area contributed by atoms with E-state index in [1.165, 1.54) is 10.6 Å². The van der Waals surface area contributed by atoms with E-state index in [9.17, 15) is 13.2 Å². The number of hydrogen-bond acceptors (Lipinski definition) is 4. The van der Waals surface area contributed by atoms with Gasteiger partial charge in [-0.3, -0.25) is 4.79 Å². The zero-order valence-corrected chi connectivity index (χ0v) is 13.8. The van der Waals surface area contributed by atoms with Crippen LogP contribution in [0.3, 0.4) is 0 Å². The van der Waals surface area contributed by atoms with Crippen molar-refractivity contribution in [2.24, 2.45) is 0 Å². The molecule has 7 heteroatoms. The minimum atomic E-state index is -3.11. The first kappa shape index (κ1) is 16.7. The smallest absolute Gasteiger partial charge is 0.240 e. The zero-order valence-electron chi connectivity index (χ0n) is 13.0. The van der Waals surface area contributed by atoms with E-state index in [1.54, 1.807) is 0 Å². The van der Waals surface area contributed by atoms with E-state index in [4.69, 9.17) is 0 Å². The minimum absolute atomic E-state index is 0.0895. The third-order valence-corrected chi connectivity index (χ3v) is 5.92. The molecular formula is C14H27N3O3S. The third kappa shape index (κ3) is 3.96. The van der Waals surface area contributed by atoms with E-state index in [0.717, 1.165) is 32.2 Å². The van der Waals surface area contributed by atoms with Crippen LogP contribution >= 0.6 is 0 Å². The first-order valence-electron chi connectivity index (χ1n) is 7.88. The van der Waals surface area contributed by atoms with Gasteiger partial charge in [0, 0.05) is 19.1 Å². The average Bonchev–Trinajstić information content (AvgIpc) is 2.89. The summed E-state index contributed by atoms with van der Waals surface area (Å²) in [5, 5.41) is 6.51. The van der Waals surface area contributed by atoms with Gasteiger partial charge in [0.15, 0.2) is 0 Å². The molecule has 2 aliphatic heterocycles. The fourth-order valence-corrected chi connectivity index (χ4v) is 4.28. The van der Waals surface area contributed by atoms with Gasteiger partial charge in [0.05, 0.1) is 11.8 Å². The average molecular weight is 317 g/mol. The van der Waals surface area contributed by atoms with Crippen LogP contribution in [0.2, 0.25) is 0 Å². The number of piperidine rings is 1. The monoisotopic (exact) mass is 317 g/mol. The fourth-order valence-electron chi connectivity index (χ4n) is 3.41. The first-order valence-corrected chi connectivity index (χ1v) is 9.73. The summed E-state index contributed by atoms with van der Waals surface area (Å²) in [6.45, 7) is 4.00. The molecule has 1 atom stereocenters. The molecule has 0 aromatic heterocycles. The summed E-state index contributed by atoms with van der Waals surface area (Å²) < 4.78 is 24.5. The molecule has 0 aromatic carbocycles. The molecule has 2 saturated heterocycles. The molecule has 0 aromatic rings. The SMILES string of the molecule is CCCC1(C(=O)NC2CCN(S(C)(=O)=O)CC2)CCCN1. The summed E-state index contributed by atoms with van der Waals surface area (Å²) in [5.74, 6) is 0.0969. The Morgan fingerprint density at radius 1 is 1.38 bits per heavy atom. The molecule has 21 heavy (non-hydrogen) atoms. The second-order valence-electron chi connectivity index (χ2n) is 6.27. The maximum atomic E-state index is 12.6. The summed E-state index contributed by atoms with van der Waals surface area (Å²) in [5.41, 5.74) is -0.400. The maximum Gasteiger partial charge on any atom is 0.240 e. The van der Waals surface area contributed by atoms with E-state index >= 15 is 0 Å². The second kappa shape index (κ2) is 6.62. The molecule has 0 saturated carbocycles. The van der Waals surface area contributed by atoms with Crippen molar-refractivity contribution in [1.82, 2.24) is 14.9 Å². The molecular weight excluding hydrogens is 290 g/mol. The molecule has 2 N–H and O–H groups in total. The molecule has 2 fully saturated rings. The minimum Gasteiger partial charge on any atom is -0.352 e. The summed E-state index contributed by atoms with van der Waals surface area (Å²) in [6.07, 6.45) is 6.41. The predicted octanol–water partition coefficient (Wildman–Crippen LogP) is 0.449. The van der Waals surface area contributed by atoms with Crippen LogP contribution in [0.1, 0.15) is 45.4 Å². The highest BCUT2D eigenvalue weighted by Crippen LogP contribution is 2.25. The van der Waals surface area contributed by atoms with Crippen molar-refractivity contribution >= 4 is 15.9 Å². The Hall–Kier alpha value is -0.660. The Bertz CT molecular complexity index is 464. The van der Waals surface area contributed by atoms with Gasteiger partial charge in [-0.1, -0.05) is 13.3 Å². The molecule has 2 heterocycles. The van der Waals surface area contributed by atoms with E-state index in [1.807, 2.05) is 0 Å². The van der Waals surface area contributed by atoms with Crippen molar-refractivity contribution < 1.29 is 13.2 Å². The van der Waals surface area contributed by atoms with Gasteiger partial charge in [0.25, 0.3) is 0 Å². The lowest BCUT2D eigenvalue weighted by atomic mass is 9.90. The Kier molecular flexibility index (Phi) is 5.27. The molecule has 122 valence electrons. The van der Waals surface area contributed by atoms with Crippen molar-refractivity contribution in [2.45, 2.75) is 57.0 Å². The van der Waals surface area contributed by atoms with Crippen molar-refractivity contribution in [1.29, 1.82) is 0 Å². The molecule has 0 bridgehead atoms. The van der Waals surface area contributed by atoms with Crippen LogP contribution in [0.15, 0.2) is 0 Å². The van der Waals surface area contributed by atoms with Gasteiger partial charge >= 0.3 is 0 Å². The van der Waals surface area contributed by atoms with Crippen molar-refractivity contribution in [3.05, 3.63) is 0 Å². The summed E-state index contributed by atoms with van der Waals surface area (Å²) in [4.78, 5) is 12.6. The number of nitrogens with zero attached hydrogens (tertiary/aromatic N) is 1. The lowest BCUT2D eigenvalue weighted by Crippen LogP contribution is -2.57. The molecule has 2 rings (SSSR count). The zero-order chi connectivity index (χ0) is 15.5. The highest BCUT2D eigenvalue weighted by Gasteiger charge is 2.41. The van der Waals surface area contributed by atoms with Gasteiger partial charge < -0.3 is 10.6 Å². The molecule has 0 aliphatic carbocycles. The van der Waals surface area contributed by atoms with E-state index < -0.39 is 15.6 Å². The Balaban J connectivity index is 1.89. The number of nitrogens with one attached hydrogen (secondary N) is 2. The van der Waals surface area contributed by atoms with Crippen LogP contribution in [0.25, 0.3) is 0 Å². The van der Waals surface area contributed by atoms with Crippen molar-refractivity contribution in [2.75, 3.05) is 25.9 Å². The number of carbonyl (C=O) groups is 1. The maximum absolute atomic E-state index is 12.6. The Morgan fingerprint density at radius 3 is 2.52 bits per heavy atom. The van der Waals surface area contributed by atoms with Crippen LogP contribution in [-0.2, 0) is 14.8 Å². The van der Waals surface area contributed by atoms with Gasteiger partial charge in [-0.2, -0.15) is 0 Å². The number of rotatable bonds is 5. The first-order chi connectivity index (χ1) is 9.87. The van der Waals surface area contributed by atoms with Crippen molar-refractivity contribution in [3.63, 3.8) is 0 Å². The van der Waals surface area contributed by atoms with Gasteiger partial charge in [-0.25, -0.2) is 12.7 Å². The summed E-state index contributed by atoms with van der Waals surface area (Å²) in [7, 11) is -3.11. The number of sulfonamides is 1. The van der Waals surface area contributed by atoms with Gasteiger partial charge in [-0.05, 0) is 38.6 Å². The number of hydrogen-bond donors (Lipinski definition) is 2. The van der Waals surface area contributed by atoms with Crippen LogP contribution in [0.4, 0.5) is 0 Å². The third-order valence-electron chi connectivity index (χ3n) is 4.61. The Labute approximate surface area is 127 Å². The molecule has 6 nitrogen and oxygen atoms in total. The van der Waals surface area contributed by atoms with Crippen LogP contribution in [-0.4, -0.2) is 56.1 Å². The quantitative estimate of drug-likeness (QED) is 0.772. The lowest BCUT2D eigenvalue weighted by molar-refractivity contribution is -0.128. The molecule has 1 unspecified atom stereocenters. The standard InChI is InChI=1S/C14H27N3O3S/c1-3-7-14(8-4-9-15-14)13(18)16-12-5-10-17(11-6-12)21(2,19)20/h12,15H,3-11H2,1-2H3,(H,16,18). The molecule has 2 aliphatic rings. The summed E-state index contributed by atoms with van der Waals surface area (Å²) >= 11 is 0. The van der Waals surface area contributed by atoms with E-state index in [2.05, 4.69) is 17.6 Å². The highest BCUT2D eigenvalue weighted by molar-refractivity contribution is 7.88. The van der Waals surface area contributed by atoms with Crippen LogP contribution in [0, 0.1) is 0 Å². The Morgan fingerprint density at radius 2 is 2.05 bits per heavy atom.